The van der Waals surface area contributed by atoms with Crippen LogP contribution >= 0.6 is 11.5 Å². The number of aromatic nitrogens is 2. The molecule has 0 aliphatic rings. The summed E-state index contributed by atoms with van der Waals surface area (Å²) in [5, 5.41) is 1.96. The second-order valence-electron chi connectivity index (χ2n) is 2.49. The van der Waals surface area contributed by atoms with Crippen LogP contribution in [0, 0.1) is 0 Å². The minimum Gasteiger partial charge on any atom is -0.497 e. The van der Waals surface area contributed by atoms with E-state index in [0.717, 1.165) is 17.0 Å². The maximum Gasteiger partial charge on any atom is 0.122 e. The Morgan fingerprint density at radius 1 is 1.46 bits per heavy atom. The molecule has 66 valence electrons. The summed E-state index contributed by atoms with van der Waals surface area (Å²) in [5.41, 5.74) is 1.93. The molecule has 4 heteroatoms. The van der Waals surface area contributed by atoms with E-state index in [0.29, 0.717) is 0 Å². The van der Waals surface area contributed by atoms with Crippen LogP contribution in [0.15, 0.2) is 29.9 Å². The molecule has 0 aliphatic carbocycles. The van der Waals surface area contributed by atoms with Crippen molar-refractivity contribution in [2.75, 3.05) is 7.11 Å². The highest BCUT2D eigenvalue weighted by molar-refractivity contribution is 7.03. The lowest BCUT2D eigenvalue weighted by molar-refractivity contribution is 0.414. The largest absolute Gasteiger partial charge is 0.497 e. The van der Waals surface area contributed by atoms with Crippen LogP contribution in [-0.4, -0.2) is 16.5 Å². The molecule has 0 N–H and O–H groups in total. The summed E-state index contributed by atoms with van der Waals surface area (Å²) in [6.07, 6.45) is 3.53. The molecule has 0 aliphatic heterocycles. The van der Waals surface area contributed by atoms with Crippen molar-refractivity contribution >= 4 is 11.5 Å². The van der Waals surface area contributed by atoms with Gasteiger partial charge in [-0.2, -0.15) is 0 Å². The lowest BCUT2D eigenvalue weighted by Gasteiger charge is -2.00. The second-order valence-corrected chi connectivity index (χ2v) is 3.15. The summed E-state index contributed by atoms with van der Waals surface area (Å²) in [5.74, 6) is 0.816. The first kappa shape index (κ1) is 8.19. The topological polar surface area (TPSA) is 35.0 Å². The fourth-order valence-corrected chi connectivity index (χ4v) is 1.56. The first-order chi connectivity index (χ1) is 6.40. The molecule has 2 aromatic rings. The Morgan fingerprint density at radius 2 is 2.38 bits per heavy atom. The number of ether oxygens (including phenoxy) is 1. The minimum atomic E-state index is 0.816. The van der Waals surface area contributed by atoms with E-state index in [4.69, 9.17) is 4.74 Å². The monoisotopic (exact) mass is 192 g/mol. The van der Waals surface area contributed by atoms with Crippen molar-refractivity contribution in [3.8, 4) is 17.0 Å². The normalized spacial score (nSPS) is 9.92. The van der Waals surface area contributed by atoms with Gasteiger partial charge in [0.1, 0.15) is 5.75 Å². The molecule has 2 aromatic heterocycles. The first-order valence-corrected chi connectivity index (χ1v) is 4.63. The molecule has 0 fully saturated rings. The highest BCUT2D eigenvalue weighted by atomic mass is 32.1. The molecule has 0 aromatic carbocycles. The van der Waals surface area contributed by atoms with Gasteiger partial charge in [0.2, 0.25) is 0 Å². The molecule has 0 radical (unpaired) electrons. The van der Waals surface area contributed by atoms with E-state index < -0.39 is 0 Å². The van der Waals surface area contributed by atoms with Gasteiger partial charge in [-0.25, -0.2) is 4.37 Å². The molecule has 0 saturated heterocycles. The van der Waals surface area contributed by atoms with Crippen LogP contribution in [-0.2, 0) is 0 Å². The van der Waals surface area contributed by atoms with Gasteiger partial charge in [-0.1, -0.05) is 0 Å². The van der Waals surface area contributed by atoms with Gasteiger partial charge in [-0.3, -0.25) is 4.98 Å². The average Bonchev–Trinajstić information content (AvgIpc) is 2.71. The number of rotatable bonds is 2. The Morgan fingerprint density at radius 3 is 3.08 bits per heavy atom. The van der Waals surface area contributed by atoms with Crippen LogP contribution in [0.4, 0.5) is 0 Å². The number of methoxy groups -OCH3 is 1. The third kappa shape index (κ3) is 1.67. The van der Waals surface area contributed by atoms with Gasteiger partial charge < -0.3 is 4.74 Å². The molecule has 3 nitrogen and oxygen atoms in total. The van der Waals surface area contributed by atoms with Crippen molar-refractivity contribution in [3.63, 3.8) is 0 Å². The van der Waals surface area contributed by atoms with Crippen LogP contribution in [0.2, 0.25) is 0 Å². The molecule has 2 heterocycles. The van der Waals surface area contributed by atoms with Gasteiger partial charge in [0.25, 0.3) is 0 Å². The summed E-state index contributed by atoms with van der Waals surface area (Å²) >= 11 is 1.42. The number of hydrogen-bond acceptors (Lipinski definition) is 4. The zero-order valence-electron chi connectivity index (χ0n) is 7.10. The lowest BCUT2D eigenvalue weighted by atomic mass is 10.2. The summed E-state index contributed by atoms with van der Waals surface area (Å²) in [7, 11) is 1.64. The third-order valence-electron chi connectivity index (χ3n) is 1.70. The Balaban J connectivity index is 2.41. The summed E-state index contributed by atoms with van der Waals surface area (Å²) < 4.78 is 9.11. The highest BCUT2D eigenvalue weighted by Gasteiger charge is 2.01. The van der Waals surface area contributed by atoms with Crippen LogP contribution < -0.4 is 4.74 Å². The second kappa shape index (κ2) is 3.53. The van der Waals surface area contributed by atoms with Gasteiger partial charge in [-0.05, 0) is 17.6 Å². The zero-order valence-corrected chi connectivity index (χ0v) is 7.91. The van der Waals surface area contributed by atoms with Crippen molar-refractivity contribution in [1.29, 1.82) is 0 Å². The molecule has 0 saturated carbocycles. The molecule has 0 atom stereocenters. The summed E-state index contributed by atoms with van der Waals surface area (Å²) in [6, 6.07) is 3.72. The fourth-order valence-electron chi connectivity index (χ4n) is 1.03. The highest BCUT2D eigenvalue weighted by Crippen LogP contribution is 2.21. The van der Waals surface area contributed by atoms with Crippen LogP contribution in [0.3, 0.4) is 0 Å². The Bertz CT molecular complexity index is 386. The van der Waals surface area contributed by atoms with E-state index in [1.54, 1.807) is 19.5 Å². The number of nitrogens with zero attached hydrogens (tertiary/aromatic N) is 2. The zero-order chi connectivity index (χ0) is 9.10. The van der Waals surface area contributed by atoms with E-state index in [1.807, 2.05) is 17.5 Å². The van der Waals surface area contributed by atoms with E-state index in [1.165, 1.54) is 11.5 Å². The molecule has 0 bridgehead atoms. The molecule has 0 spiro atoms. The Hall–Kier alpha value is -1.42. The maximum absolute atomic E-state index is 5.10. The molecule has 13 heavy (non-hydrogen) atoms. The first-order valence-electron chi connectivity index (χ1n) is 3.80. The minimum absolute atomic E-state index is 0.816. The number of hydrogen-bond donors (Lipinski definition) is 0. The van der Waals surface area contributed by atoms with Gasteiger partial charge in [0.05, 0.1) is 19.0 Å². The summed E-state index contributed by atoms with van der Waals surface area (Å²) in [6.45, 7) is 0. The number of pyridine rings is 1. The third-order valence-corrected chi connectivity index (χ3v) is 2.28. The van der Waals surface area contributed by atoms with Crippen molar-refractivity contribution in [2.24, 2.45) is 0 Å². The lowest BCUT2D eigenvalue weighted by Crippen LogP contribution is -1.85. The van der Waals surface area contributed by atoms with Gasteiger partial charge in [-0.15, -0.1) is 0 Å². The van der Waals surface area contributed by atoms with E-state index in [-0.39, 0.29) is 0 Å². The fraction of sp³-hybridized carbons (Fsp3) is 0.111. The van der Waals surface area contributed by atoms with E-state index in [2.05, 4.69) is 9.36 Å². The Kier molecular flexibility index (Phi) is 2.23. The van der Waals surface area contributed by atoms with E-state index in [9.17, 15) is 0 Å². The molecule has 2 rings (SSSR count). The molecular formula is C9H8N2OS. The van der Waals surface area contributed by atoms with Gasteiger partial charge in [0, 0.05) is 23.2 Å². The molecular weight excluding hydrogens is 184 g/mol. The van der Waals surface area contributed by atoms with E-state index >= 15 is 0 Å². The predicted molar refractivity (Wildman–Crippen MR) is 51.9 cm³/mol. The summed E-state index contributed by atoms with van der Waals surface area (Å²) in [4.78, 5) is 4.22. The molecule has 0 unspecified atom stereocenters. The van der Waals surface area contributed by atoms with Crippen molar-refractivity contribution < 1.29 is 4.74 Å². The van der Waals surface area contributed by atoms with Gasteiger partial charge in [0.15, 0.2) is 0 Å². The van der Waals surface area contributed by atoms with Crippen LogP contribution in [0.1, 0.15) is 0 Å². The van der Waals surface area contributed by atoms with Crippen LogP contribution in [0.5, 0.6) is 5.75 Å². The SMILES string of the molecule is COc1ccnc(-c2cnsc2)c1. The van der Waals surface area contributed by atoms with Crippen molar-refractivity contribution in [3.05, 3.63) is 29.9 Å². The van der Waals surface area contributed by atoms with Crippen molar-refractivity contribution in [1.82, 2.24) is 9.36 Å². The van der Waals surface area contributed by atoms with Crippen molar-refractivity contribution in [2.45, 2.75) is 0 Å². The predicted octanol–water partition coefficient (Wildman–Crippen LogP) is 2.21. The van der Waals surface area contributed by atoms with Gasteiger partial charge >= 0.3 is 0 Å². The Labute approximate surface area is 80.2 Å². The molecule has 0 amide bonds. The van der Waals surface area contributed by atoms with Crippen LogP contribution in [0.25, 0.3) is 11.3 Å². The standard InChI is InChI=1S/C9H8N2OS/c1-12-8-2-3-10-9(4-8)7-5-11-13-6-7/h2-6H,1H3. The smallest absolute Gasteiger partial charge is 0.122 e. The maximum atomic E-state index is 5.10. The quantitative estimate of drug-likeness (QED) is 0.731. The average molecular weight is 192 g/mol.